The summed E-state index contributed by atoms with van der Waals surface area (Å²) in [6.45, 7) is 1.69. The van der Waals surface area contributed by atoms with E-state index in [-0.39, 0.29) is 10.9 Å². The van der Waals surface area contributed by atoms with Gasteiger partial charge in [-0.1, -0.05) is 19.3 Å². The predicted molar refractivity (Wildman–Crippen MR) is 76.3 cm³/mol. The monoisotopic (exact) mass is 315 g/mol. The molecule has 1 aliphatic rings. The Hall–Kier alpha value is -1.41. The van der Waals surface area contributed by atoms with E-state index in [2.05, 4.69) is 9.71 Å². The van der Waals surface area contributed by atoms with Gasteiger partial charge in [0.2, 0.25) is 0 Å². The highest BCUT2D eigenvalue weighted by Gasteiger charge is 2.34. The van der Waals surface area contributed by atoms with E-state index < -0.39 is 22.0 Å². The largest absolute Gasteiger partial charge is 0.480 e. The van der Waals surface area contributed by atoms with Gasteiger partial charge in [-0.05, 0) is 25.7 Å². The number of hydrogen-bond donors (Lipinski definition) is 2. The van der Waals surface area contributed by atoms with Gasteiger partial charge in [0.1, 0.15) is 11.9 Å². The van der Waals surface area contributed by atoms with Gasteiger partial charge in [0.25, 0.3) is 10.0 Å². The summed E-state index contributed by atoms with van der Waals surface area (Å²) in [5, 5.41) is 9.21. The molecule has 2 rings (SSSR count). The minimum Gasteiger partial charge on any atom is -0.480 e. The lowest BCUT2D eigenvalue weighted by Crippen LogP contribution is -2.46. The van der Waals surface area contributed by atoms with Crippen LogP contribution in [-0.4, -0.2) is 35.1 Å². The van der Waals surface area contributed by atoms with Crippen molar-refractivity contribution in [2.45, 2.75) is 50.1 Å². The highest BCUT2D eigenvalue weighted by molar-refractivity contribution is 7.89. The highest BCUT2D eigenvalue weighted by Crippen LogP contribution is 2.27. The van der Waals surface area contributed by atoms with Crippen molar-refractivity contribution in [2.75, 3.05) is 0 Å². The van der Waals surface area contributed by atoms with Crippen molar-refractivity contribution in [3.8, 4) is 0 Å². The van der Waals surface area contributed by atoms with Crippen molar-refractivity contribution < 1.29 is 18.3 Å². The van der Waals surface area contributed by atoms with Gasteiger partial charge in [-0.15, -0.1) is 0 Å². The first-order valence-corrected chi connectivity index (χ1v) is 8.54. The molecule has 0 spiro atoms. The SMILES string of the molecule is Cc1nc(S(=O)(=O)NC(C(=O)O)C2CCCCC2)cn1C. The molecule has 21 heavy (non-hydrogen) atoms. The molecule has 1 saturated carbocycles. The number of aryl methyl sites for hydroxylation is 2. The van der Waals surface area contributed by atoms with Crippen LogP contribution >= 0.6 is 0 Å². The van der Waals surface area contributed by atoms with Gasteiger partial charge in [0.05, 0.1) is 0 Å². The number of carboxylic acid groups (broad SMARTS) is 1. The van der Waals surface area contributed by atoms with E-state index in [4.69, 9.17) is 0 Å². The molecule has 1 unspecified atom stereocenters. The van der Waals surface area contributed by atoms with Crippen LogP contribution in [0.1, 0.15) is 37.9 Å². The molecule has 0 saturated heterocycles. The number of sulfonamides is 1. The van der Waals surface area contributed by atoms with Crippen molar-refractivity contribution in [3.05, 3.63) is 12.0 Å². The number of aromatic nitrogens is 2. The summed E-state index contributed by atoms with van der Waals surface area (Å²) < 4.78 is 28.5. The lowest BCUT2D eigenvalue weighted by Gasteiger charge is -2.27. The molecule has 0 aromatic carbocycles. The summed E-state index contributed by atoms with van der Waals surface area (Å²) in [7, 11) is -2.23. The Bertz CT molecular complexity index is 598. The number of carbonyl (C=O) groups is 1. The van der Waals surface area contributed by atoms with Crippen LogP contribution in [0.15, 0.2) is 11.2 Å². The molecule has 0 amide bonds. The Morgan fingerprint density at radius 2 is 2.05 bits per heavy atom. The Balaban J connectivity index is 2.20. The molecule has 8 heteroatoms. The van der Waals surface area contributed by atoms with Crippen LogP contribution in [0, 0.1) is 12.8 Å². The first-order valence-electron chi connectivity index (χ1n) is 7.06. The molecule has 118 valence electrons. The molecule has 0 bridgehead atoms. The van der Waals surface area contributed by atoms with E-state index in [1.165, 1.54) is 6.20 Å². The van der Waals surface area contributed by atoms with Crippen molar-refractivity contribution in [1.29, 1.82) is 0 Å². The number of rotatable bonds is 5. The van der Waals surface area contributed by atoms with Gasteiger partial charge >= 0.3 is 5.97 Å². The second-order valence-electron chi connectivity index (χ2n) is 5.57. The van der Waals surface area contributed by atoms with Gasteiger partial charge in [0, 0.05) is 13.2 Å². The number of nitrogens with zero attached hydrogens (tertiary/aromatic N) is 2. The predicted octanol–water partition coefficient (Wildman–Crippen LogP) is 1.04. The normalized spacial score (nSPS) is 18.6. The van der Waals surface area contributed by atoms with Crippen molar-refractivity contribution >= 4 is 16.0 Å². The van der Waals surface area contributed by atoms with E-state index >= 15 is 0 Å². The zero-order valence-corrected chi connectivity index (χ0v) is 13.1. The van der Waals surface area contributed by atoms with Crippen LogP contribution in [0.25, 0.3) is 0 Å². The number of aliphatic carboxylic acids is 1. The molecule has 1 fully saturated rings. The zero-order chi connectivity index (χ0) is 15.6. The zero-order valence-electron chi connectivity index (χ0n) is 12.2. The van der Waals surface area contributed by atoms with Gasteiger partial charge in [-0.25, -0.2) is 13.4 Å². The number of nitrogens with one attached hydrogen (secondary N) is 1. The molecular weight excluding hydrogens is 294 g/mol. The Kier molecular flexibility index (Phi) is 4.67. The quantitative estimate of drug-likeness (QED) is 0.845. The lowest BCUT2D eigenvalue weighted by atomic mass is 9.84. The lowest BCUT2D eigenvalue weighted by molar-refractivity contribution is -0.140. The summed E-state index contributed by atoms with van der Waals surface area (Å²) >= 11 is 0. The molecular formula is C13H21N3O4S. The summed E-state index contributed by atoms with van der Waals surface area (Å²) in [6.07, 6.45) is 5.83. The van der Waals surface area contributed by atoms with Crippen LogP contribution in [0.3, 0.4) is 0 Å². The fourth-order valence-corrected chi connectivity index (χ4v) is 4.00. The van der Waals surface area contributed by atoms with Crippen LogP contribution in [-0.2, 0) is 21.9 Å². The smallest absolute Gasteiger partial charge is 0.322 e. The van der Waals surface area contributed by atoms with E-state index in [0.717, 1.165) is 32.1 Å². The van der Waals surface area contributed by atoms with E-state index in [9.17, 15) is 18.3 Å². The van der Waals surface area contributed by atoms with Gasteiger partial charge < -0.3 is 9.67 Å². The van der Waals surface area contributed by atoms with E-state index in [0.29, 0.717) is 5.82 Å². The van der Waals surface area contributed by atoms with Gasteiger partial charge in [-0.2, -0.15) is 4.72 Å². The van der Waals surface area contributed by atoms with Crippen molar-refractivity contribution in [3.63, 3.8) is 0 Å². The molecule has 1 aromatic rings. The molecule has 1 heterocycles. The maximum Gasteiger partial charge on any atom is 0.322 e. The highest BCUT2D eigenvalue weighted by atomic mass is 32.2. The maximum absolute atomic E-state index is 12.3. The maximum atomic E-state index is 12.3. The average Bonchev–Trinajstić information content (AvgIpc) is 2.78. The summed E-state index contributed by atoms with van der Waals surface area (Å²) in [5.74, 6) is -0.728. The number of imidazole rings is 1. The summed E-state index contributed by atoms with van der Waals surface area (Å²) in [6, 6.07) is -1.09. The minimum atomic E-state index is -3.92. The molecule has 2 N–H and O–H groups in total. The number of carboxylic acids is 1. The Morgan fingerprint density at radius 1 is 1.43 bits per heavy atom. The number of hydrogen-bond acceptors (Lipinski definition) is 4. The van der Waals surface area contributed by atoms with Gasteiger partial charge in [-0.3, -0.25) is 4.79 Å². The minimum absolute atomic E-state index is 0.135. The average molecular weight is 315 g/mol. The first-order chi connectivity index (χ1) is 9.81. The summed E-state index contributed by atoms with van der Waals surface area (Å²) in [5.41, 5.74) is 0. The standard InChI is InChI=1S/C13H21N3O4S/c1-9-14-11(8-16(9)2)21(19,20)15-12(13(17)18)10-6-4-3-5-7-10/h8,10,12,15H,3-7H2,1-2H3,(H,17,18). The molecule has 1 aromatic heterocycles. The Morgan fingerprint density at radius 3 is 2.52 bits per heavy atom. The fourth-order valence-electron chi connectivity index (χ4n) is 2.70. The third-order valence-corrected chi connectivity index (χ3v) is 5.34. The second-order valence-corrected chi connectivity index (χ2v) is 7.23. The van der Waals surface area contributed by atoms with Crippen LogP contribution in [0.5, 0.6) is 0 Å². The molecule has 0 radical (unpaired) electrons. The Labute approximate surface area is 124 Å². The summed E-state index contributed by atoms with van der Waals surface area (Å²) in [4.78, 5) is 15.4. The van der Waals surface area contributed by atoms with E-state index in [1.807, 2.05) is 0 Å². The topological polar surface area (TPSA) is 101 Å². The van der Waals surface area contributed by atoms with Crippen molar-refractivity contribution in [1.82, 2.24) is 14.3 Å². The second kappa shape index (κ2) is 6.15. The molecule has 7 nitrogen and oxygen atoms in total. The first kappa shape index (κ1) is 16.0. The van der Waals surface area contributed by atoms with Crippen LogP contribution < -0.4 is 4.72 Å². The third-order valence-electron chi connectivity index (χ3n) is 4.03. The van der Waals surface area contributed by atoms with Crippen LogP contribution in [0.2, 0.25) is 0 Å². The molecule has 0 aliphatic heterocycles. The fraction of sp³-hybridized carbons (Fsp3) is 0.692. The van der Waals surface area contributed by atoms with Crippen molar-refractivity contribution in [2.24, 2.45) is 13.0 Å². The molecule has 1 aliphatic carbocycles. The van der Waals surface area contributed by atoms with E-state index in [1.54, 1.807) is 18.5 Å². The van der Waals surface area contributed by atoms with Gasteiger partial charge in [0.15, 0.2) is 5.03 Å². The third kappa shape index (κ3) is 3.62. The molecule has 1 atom stereocenters. The van der Waals surface area contributed by atoms with Crippen LogP contribution in [0.4, 0.5) is 0 Å².